The number of carbonyl (C=O) groups is 2. The molecule has 5 nitrogen and oxygen atoms in total. The van der Waals surface area contributed by atoms with E-state index < -0.39 is 12.0 Å². The number of hydrogen-bond acceptors (Lipinski definition) is 3. The minimum Gasteiger partial charge on any atom is -0.481 e. The molecule has 0 aliphatic carbocycles. The van der Waals surface area contributed by atoms with Crippen LogP contribution in [-0.2, 0) is 4.79 Å². The summed E-state index contributed by atoms with van der Waals surface area (Å²) in [6, 6.07) is 11.0. The van der Waals surface area contributed by atoms with E-state index >= 15 is 0 Å². The Bertz CT molecular complexity index is 733. The highest BCUT2D eigenvalue weighted by Gasteiger charge is 2.15. The average Bonchev–Trinajstić information content (AvgIpc) is 2.51. The van der Waals surface area contributed by atoms with Gasteiger partial charge in [-0.1, -0.05) is 23.2 Å². The topological polar surface area (TPSA) is 81.4 Å². The Hall–Kier alpha value is -2.24. The van der Waals surface area contributed by atoms with Gasteiger partial charge in [0.15, 0.2) is 6.10 Å². The Kier molecular flexibility index (Phi) is 5.47. The first kappa shape index (κ1) is 17.1. The van der Waals surface area contributed by atoms with E-state index in [1.807, 2.05) is 0 Å². The molecule has 2 aromatic rings. The predicted octanol–water partition coefficient (Wildman–Crippen LogP) is 3.50. The molecule has 0 unspecified atom stereocenters. The summed E-state index contributed by atoms with van der Waals surface area (Å²) in [5.74, 6) is -0.437. The van der Waals surface area contributed by atoms with Gasteiger partial charge in [0.25, 0.3) is 5.91 Å². The highest BCUT2D eigenvalue weighted by molar-refractivity contribution is 6.42. The summed E-state index contributed by atoms with van der Waals surface area (Å²) in [4.78, 5) is 23.1. The zero-order valence-corrected chi connectivity index (χ0v) is 13.7. The number of amides is 2. The smallest absolute Gasteiger partial charge is 0.265 e. The largest absolute Gasteiger partial charge is 0.481 e. The second kappa shape index (κ2) is 7.35. The van der Waals surface area contributed by atoms with E-state index in [-0.39, 0.29) is 5.91 Å². The first-order valence-corrected chi connectivity index (χ1v) is 7.45. The van der Waals surface area contributed by atoms with Crippen molar-refractivity contribution in [2.45, 2.75) is 13.0 Å². The van der Waals surface area contributed by atoms with Crippen molar-refractivity contribution in [1.82, 2.24) is 0 Å². The van der Waals surface area contributed by atoms with Gasteiger partial charge in [-0.25, -0.2) is 0 Å². The molecule has 0 aromatic heterocycles. The number of nitrogens with one attached hydrogen (secondary N) is 1. The van der Waals surface area contributed by atoms with Crippen LogP contribution in [0.25, 0.3) is 0 Å². The van der Waals surface area contributed by atoms with E-state index in [1.54, 1.807) is 31.2 Å². The van der Waals surface area contributed by atoms with Crippen LogP contribution < -0.4 is 15.8 Å². The van der Waals surface area contributed by atoms with Crippen LogP contribution >= 0.6 is 23.2 Å². The Morgan fingerprint density at radius 3 is 2.30 bits per heavy atom. The molecule has 0 spiro atoms. The van der Waals surface area contributed by atoms with Crippen molar-refractivity contribution in [3.05, 3.63) is 58.1 Å². The van der Waals surface area contributed by atoms with Crippen LogP contribution in [0, 0.1) is 0 Å². The van der Waals surface area contributed by atoms with Crippen molar-refractivity contribution < 1.29 is 14.3 Å². The molecule has 0 fully saturated rings. The van der Waals surface area contributed by atoms with E-state index in [1.165, 1.54) is 18.2 Å². The van der Waals surface area contributed by atoms with Crippen LogP contribution in [0.4, 0.5) is 5.69 Å². The quantitative estimate of drug-likeness (QED) is 0.863. The number of primary amides is 1. The van der Waals surface area contributed by atoms with Gasteiger partial charge in [0.05, 0.1) is 10.0 Å². The van der Waals surface area contributed by atoms with Crippen molar-refractivity contribution in [2.24, 2.45) is 5.73 Å². The van der Waals surface area contributed by atoms with E-state index in [0.717, 1.165) is 0 Å². The third-order valence-corrected chi connectivity index (χ3v) is 3.75. The van der Waals surface area contributed by atoms with Crippen LogP contribution in [0.3, 0.4) is 0 Å². The van der Waals surface area contributed by atoms with Gasteiger partial charge in [-0.05, 0) is 43.3 Å². The van der Waals surface area contributed by atoms with Crippen molar-refractivity contribution in [2.75, 3.05) is 5.32 Å². The number of rotatable bonds is 5. The highest BCUT2D eigenvalue weighted by atomic mass is 35.5. The van der Waals surface area contributed by atoms with E-state index in [9.17, 15) is 9.59 Å². The van der Waals surface area contributed by atoms with Crippen LogP contribution in [0.2, 0.25) is 10.0 Å². The summed E-state index contributed by atoms with van der Waals surface area (Å²) in [5.41, 5.74) is 6.05. The first-order valence-electron chi connectivity index (χ1n) is 6.69. The van der Waals surface area contributed by atoms with Gasteiger partial charge in [-0.3, -0.25) is 9.59 Å². The highest BCUT2D eigenvalue weighted by Crippen LogP contribution is 2.27. The van der Waals surface area contributed by atoms with Crippen molar-refractivity contribution in [3.8, 4) is 5.75 Å². The Labute approximate surface area is 143 Å². The Morgan fingerprint density at radius 1 is 1.09 bits per heavy atom. The fourth-order valence-electron chi connectivity index (χ4n) is 1.77. The number of anilines is 1. The zero-order chi connectivity index (χ0) is 17.0. The molecule has 0 radical (unpaired) electrons. The molecule has 2 amide bonds. The summed E-state index contributed by atoms with van der Waals surface area (Å²) in [6.07, 6.45) is -0.747. The minimum atomic E-state index is -0.747. The number of benzene rings is 2. The SMILES string of the molecule is C[C@@H](Oc1ccc(Cl)c(Cl)c1)C(=O)Nc1ccc(C(N)=O)cc1. The number of hydrogen-bond donors (Lipinski definition) is 2. The lowest BCUT2D eigenvalue weighted by molar-refractivity contribution is -0.122. The fraction of sp³-hybridized carbons (Fsp3) is 0.125. The molecule has 120 valence electrons. The summed E-state index contributed by atoms with van der Waals surface area (Å²) < 4.78 is 5.52. The van der Waals surface area contributed by atoms with Crippen LogP contribution in [0.5, 0.6) is 5.75 Å². The molecule has 0 saturated heterocycles. The lowest BCUT2D eigenvalue weighted by Gasteiger charge is -2.15. The molecule has 23 heavy (non-hydrogen) atoms. The van der Waals surface area contributed by atoms with E-state index in [4.69, 9.17) is 33.7 Å². The van der Waals surface area contributed by atoms with Gasteiger partial charge >= 0.3 is 0 Å². The van der Waals surface area contributed by atoms with Crippen LogP contribution in [0.1, 0.15) is 17.3 Å². The molecule has 0 heterocycles. The maximum Gasteiger partial charge on any atom is 0.265 e. The molecule has 2 aromatic carbocycles. The van der Waals surface area contributed by atoms with Gasteiger partial charge < -0.3 is 15.8 Å². The van der Waals surface area contributed by atoms with Crippen molar-refractivity contribution >= 4 is 40.7 Å². The lowest BCUT2D eigenvalue weighted by Crippen LogP contribution is -2.30. The second-order valence-corrected chi connectivity index (χ2v) is 5.58. The molecule has 0 aliphatic heterocycles. The van der Waals surface area contributed by atoms with Crippen LogP contribution in [0.15, 0.2) is 42.5 Å². The predicted molar refractivity (Wildman–Crippen MR) is 90.1 cm³/mol. The average molecular weight is 353 g/mol. The number of halogens is 2. The Morgan fingerprint density at radius 2 is 1.74 bits per heavy atom. The molecule has 0 aliphatic rings. The van der Waals surface area contributed by atoms with Gasteiger partial charge in [0.2, 0.25) is 5.91 Å². The van der Waals surface area contributed by atoms with Gasteiger partial charge in [0.1, 0.15) is 5.75 Å². The van der Waals surface area contributed by atoms with E-state index in [2.05, 4.69) is 5.32 Å². The molecule has 3 N–H and O–H groups in total. The zero-order valence-electron chi connectivity index (χ0n) is 12.2. The monoisotopic (exact) mass is 352 g/mol. The molecule has 0 bridgehead atoms. The van der Waals surface area contributed by atoms with Gasteiger partial charge in [-0.15, -0.1) is 0 Å². The number of nitrogens with two attached hydrogens (primary N) is 1. The van der Waals surface area contributed by atoms with Crippen molar-refractivity contribution in [3.63, 3.8) is 0 Å². The molecule has 0 saturated carbocycles. The summed E-state index contributed by atoms with van der Waals surface area (Å²) in [6.45, 7) is 1.61. The van der Waals surface area contributed by atoms with Gasteiger partial charge in [0, 0.05) is 17.3 Å². The third-order valence-electron chi connectivity index (χ3n) is 3.01. The maximum atomic E-state index is 12.1. The summed E-state index contributed by atoms with van der Waals surface area (Å²) in [7, 11) is 0. The molecule has 7 heteroatoms. The summed E-state index contributed by atoms with van der Waals surface area (Å²) >= 11 is 11.7. The number of ether oxygens (including phenoxy) is 1. The normalized spacial score (nSPS) is 11.6. The van der Waals surface area contributed by atoms with Crippen LogP contribution in [-0.4, -0.2) is 17.9 Å². The molecule has 2 rings (SSSR count). The summed E-state index contributed by atoms with van der Waals surface area (Å²) in [5, 5.41) is 3.43. The molecular weight excluding hydrogens is 339 g/mol. The third kappa shape index (κ3) is 4.61. The Balaban J connectivity index is 1.99. The fourth-order valence-corrected chi connectivity index (χ4v) is 2.06. The van der Waals surface area contributed by atoms with Gasteiger partial charge in [-0.2, -0.15) is 0 Å². The lowest BCUT2D eigenvalue weighted by atomic mass is 10.2. The number of carbonyl (C=O) groups excluding carboxylic acids is 2. The first-order chi connectivity index (χ1) is 10.9. The van der Waals surface area contributed by atoms with E-state index in [0.29, 0.717) is 27.0 Å². The minimum absolute atomic E-state index is 0.345. The standard InChI is InChI=1S/C16H14Cl2N2O3/c1-9(23-12-6-7-13(17)14(18)8-12)16(22)20-11-4-2-10(3-5-11)15(19)21/h2-9H,1H3,(H2,19,21)(H,20,22)/t9-/m1/s1. The second-order valence-electron chi connectivity index (χ2n) is 4.77. The molecule has 1 atom stereocenters. The molecular formula is C16H14Cl2N2O3. The maximum absolute atomic E-state index is 12.1. The van der Waals surface area contributed by atoms with Crippen molar-refractivity contribution in [1.29, 1.82) is 0 Å².